The average molecular weight is 607 g/mol. The number of carbonyl (C=O) groups is 3. The van der Waals surface area contributed by atoms with Gasteiger partial charge in [-0.25, -0.2) is 14.4 Å². The summed E-state index contributed by atoms with van der Waals surface area (Å²) in [5, 5.41) is 25.0. The maximum Gasteiger partial charge on any atom is 0.407 e. The van der Waals surface area contributed by atoms with Gasteiger partial charge >= 0.3 is 18.2 Å². The molecule has 0 aromatic heterocycles. The fourth-order valence-corrected chi connectivity index (χ4v) is 6.35. The highest BCUT2D eigenvalue weighted by atomic mass is 16.6. The number of rotatable bonds is 11. The molecule has 2 amide bonds. The van der Waals surface area contributed by atoms with Crippen LogP contribution in [0.5, 0.6) is 0 Å². The molecule has 0 saturated carbocycles. The molecule has 230 valence electrons. The first-order valence-corrected chi connectivity index (χ1v) is 15.0. The number of ether oxygens (including phenoxy) is 2. The summed E-state index contributed by atoms with van der Waals surface area (Å²) >= 11 is 0. The Hall–Kier alpha value is -5.15. The van der Waals surface area contributed by atoms with Gasteiger partial charge in [-0.2, -0.15) is 0 Å². The smallest absolute Gasteiger partial charge is 0.407 e. The first-order valence-electron chi connectivity index (χ1n) is 15.0. The first-order chi connectivity index (χ1) is 21.9. The van der Waals surface area contributed by atoms with E-state index in [2.05, 4.69) is 22.8 Å². The zero-order valence-electron chi connectivity index (χ0n) is 24.5. The number of aliphatic hydroxyl groups excluding tert-OH is 1. The van der Waals surface area contributed by atoms with Crippen LogP contribution >= 0.6 is 0 Å². The van der Waals surface area contributed by atoms with Crippen LogP contribution in [0.4, 0.5) is 9.59 Å². The summed E-state index contributed by atoms with van der Waals surface area (Å²) in [4.78, 5) is 36.9. The molecule has 0 spiro atoms. The Morgan fingerprint density at radius 2 is 1.02 bits per heavy atom. The maximum atomic E-state index is 12.6. The number of carboxylic acid groups (broad SMARTS) is 1. The number of hydrogen-bond donors (Lipinski definition) is 4. The minimum atomic E-state index is -1.27. The Kier molecular flexibility index (Phi) is 8.79. The van der Waals surface area contributed by atoms with Gasteiger partial charge < -0.3 is 30.3 Å². The SMILES string of the molecule is O=C(NCC(O)CCC(NC(=O)OCC1c2ccccc2-c2ccccc21)C(=O)O)OCC1c2ccccc2-c2ccccc21. The fourth-order valence-electron chi connectivity index (χ4n) is 6.35. The van der Waals surface area contributed by atoms with Crippen molar-refractivity contribution in [2.75, 3.05) is 19.8 Å². The van der Waals surface area contributed by atoms with E-state index in [4.69, 9.17) is 9.47 Å². The Labute approximate surface area is 260 Å². The number of carbonyl (C=O) groups excluding carboxylic acids is 2. The van der Waals surface area contributed by atoms with Crippen LogP contribution in [0.2, 0.25) is 0 Å². The molecule has 0 radical (unpaired) electrons. The van der Waals surface area contributed by atoms with Crippen LogP contribution in [-0.2, 0) is 14.3 Å². The molecule has 9 nitrogen and oxygen atoms in total. The second kappa shape index (κ2) is 13.2. The third-order valence-corrected chi connectivity index (χ3v) is 8.55. The molecule has 9 heteroatoms. The third kappa shape index (κ3) is 6.39. The largest absolute Gasteiger partial charge is 0.480 e. The molecule has 2 aliphatic rings. The van der Waals surface area contributed by atoms with Gasteiger partial charge in [-0.1, -0.05) is 97.1 Å². The lowest BCUT2D eigenvalue weighted by atomic mass is 9.98. The molecular formula is C36H34N2O7. The highest BCUT2D eigenvalue weighted by Crippen LogP contribution is 2.45. The summed E-state index contributed by atoms with van der Waals surface area (Å²) in [6, 6.07) is 30.6. The van der Waals surface area contributed by atoms with Gasteiger partial charge in [-0.3, -0.25) is 0 Å². The Morgan fingerprint density at radius 3 is 1.44 bits per heavy atom. The van der Waals surface area contributed by atoms with Crippen LogP contribution in [0.15, 0.2) is 97.1 Å². The minimum absolute atomic E-state index is 0.0181. The van der Waals surface area contributed by atoms with Crippen LogP contribution in [0, 0.1) is 0 Å². The lowest BCUT2D eigenvalue weighted by Crippen LogP contribution is -2.42. The molecule has 2 unspecified atom stereocenters. The van der Waals surface area contributed by atoms with Gasteiger partial charge in [-0.15, -0.1) is 0 Å². The van der Waals surface area contributed by atoms with Gasteiger partial charge in [0.2, 0.25) is 0 Å². The number of aliphatic hydroxyl groups is 1. The lowest BCUT2D eigenvalue weighted by molar-refractivity contribution is -0.139. The molecule has 4 aromatic rings. The van der Waals surface area contributed by atoms with Crippen molar-refractivity contribution in [3.8, 4) is 22.3 Å². The van der Waals surface area contributed by atoms with E-state index >= 15 is 0 Å². The van der Waals surface area contributed by atoms with Crippen molar-refractivity contribution < 1.29 is 34.1 Å². The van der Waals surface area contributed by atoms with Gasteiger partial charge in [-0.05, 0) is 57.3 Å². The molecule has 0 bridgehead atoms. The van der Waals surface area contributed by atoms with E-state index in [-0.39, 0.29) is 44.4 Å². The summed E-state index contributed by atoms with van der Waals surface area (Å²) in [6.45, 7) is 0.0634. The van der Waals surface area contributed by atoms with Crippen LogP contribution < -0.4 is 10.6 Å². The fraction of sp³-hybridized carbons (Fsp3) is 0.250. The summed E-state index contributed by atoms with van der Waals surface area (Å²) in [5.41, 5.74) is 8.71. The highest BCUT2D eigenvalue weighted by Gasteiger charge is 2.31. The van der Waals surface area contributed by atoms with Gasteiger partial charge in [0, 0.05) is 18.4 Å². The average Bonchev–Trinajstić information content (AvgIpc) is 3.56. The Bertz CT molecular complexity index is 1630. The molecule has 0 saturated heterocycles. The zero-order valence-corrected chi connectivity index (χ0v) is 24.5. The minimum Gasteiger partial charge on any atom is -0.480 e. The second-order valence-corrected chi connectivity index (χ2v) is 11.3. The molecule has 2 aliphatic carbocycles. The zero-order chi connectivity index (χ0) is 31.3. The molecule has 0 heterocycles. The molecule has 0 aliphatic heterocycles. The number of hydrogen-bond acceptors (Lipinski definition) is 6. The van der Waals surface area contributed by atoms with Crippen molar-refractivity contribution in [1.82, 2.24) is 10.6 Å². The number of amides is 2. The van der Waals surface area contributed by atoms with Gasteiger partial charge in [0.1, 0.15) is 19.3 Å². The number of benzene rings is 4. The van der Waals surface area contributed by atoms with E-state index in [0.717, 1.165) is 44.5 Å². The van der Waals surface area contributed by atoms with Crippen LogP contribution in [0.1, 0.15) is 46.9 Å². The number of fused-ring (bicyclic) bond motifs is 6. The van der Waals surface area contributed by atoms with E-state index in [9.17, 15) is 24.6 Å². The first kappa shape index (κ1) is 29.9. The van der Waals surface area contributed by atoms with Crippen molar-refractivity contribution in [3.63, 3.8) is 0 Å². The molecule has 4 N–H and O–H groups in total. The summed E-state index contributed by atoms with van der Waals surface area (Å²) < 4.78 is 11.0. The molecule has 0 fully saturated rings. The Balaban J connectivity index is 0.948. The molecule has 6 rings (SSSR count). The number of aliphatic carboxylic acids is 1. The number of nitrogens with one attached hydrogen (secondary N) is 2. The summed E-state index contributed by atoms with van der Waals surface area (Å²) in [7, 11) is 0. The topological polar surface area (TPSA) is 134 Å². The van der Waals surface area contributed by atoms with E-state index < -0.39 is 30.3 Å². The standard InChI is InChI=1S/C36H34N2O7/c39-22(19-37-35(42)44-20-31-27-13-5-1-9-23(27)24-10-2-6-14-28(24)31)17-18-33(34(40)41)38-36(43)45-21-32-29-15-7-3-11-25(29)26-12-4-8-16-30(26)32/h1-16,22,31-33,39H,17-21H2,(H,37,42)(H,38,43)(H,40,41). The third-order valence-electron chi connectivity index (χ3n) is 8.55. The van der Waals surface area contributed by atoms with Crippen molar-refractivity contribution in [2.24, 2.45) is 0 Å². The summed E-state index contributed by atoms with van der Waals surface area (Å²) in [6.07, 6.45) is -2.62. The second-order valence-electron chi connectivity index (χ2n) is 11.3. The van der Waals surface area contributed by atoms with Crippen molar-refractivity contribution in [1.29, 1.82) is 0 Å². The van der Waals surface area contributed by atoms with Crippen LogP contribution in [0.25, 0.3) is 22.3 Å². The lowest BCUT2D eigenvalue weighted by Gasteiger charge is -2.19. The molecule has 2 atom stereocenters. The summed E-state index contributed by atoms with van der Waals surface area (Å²) in [5.74, 6) is -1.49. The van der Waals surface area contributed by atoms with Gasteiger partial charge in [0.15, 0.2) is 0 Å². The van der Waals surface area contributed by atoms with E-state index in [1.54, 1.807) is 0 Å². The van der Waals surface area contributed by atoms with Crippen molar-refractivity contribution in [3.05, 3.63) is 119 Å². The van der Waals surface area contributed by atoms with Gasteiger partial charge in [0.25, 0.3) is 0 Å². The quantitative estimate of drug-likeness (QED) is 0.173. The van der Waals surface area contributed by atoms with Crippen LogP contribution in [0.3, 0.4) is 0 Å². The molecule has 4 aromatic carbocycles. The molecule has 45 heavy (non-hydrogen) atoms. The van der Waals surface area contributed by atoms with E-state index in [0.29, 0.717) is 0 Å². The van der Waals surface area contributed by atoms with Crippen molar-refractivity contribution >= 4 is 18.2 Å². The maximum absolute atomic E-state index is 12.6. The van der Waals surface area contributed by atoms with E-state index in [1.807, 2.05) is 84.9 Å². The molecular weight excluding hydrogens is 572 g/mol. The van der Waals surface area contributed by atoms with Crippen LogP contribution in [-0.4, -0.2) is 60.3 Å². The Morgan fingerprint density at radius 1 is 0.622 bits per heavy atom. The highest BCUT2D eigenvalue weighted by molar-refractivity contribution is 5.81. The predicted molar refractivity (Wildman–Crippen MR) is 168 cm³/mol. The van der Waals surface area contributed by atoms with E-state index in [1.165, 1.54) is 0 Å². The monoisotopic (exact) mass is 606 g/mol. The normalized spacial score (nSPS) is 14.3. The predicted octanol–water partition coefficient (Wildman–Crippen LogP) is 5.66. The number of carboxylic acids is 1. The van der Waals surface area contributed by atoms with Crippen molar-refractivity contribution in [2.45, 2.75) is 36.8 Å². The van der Waals surface area contributed by atoms with Gasteiger partial charge in [0.05, 0.1) is 6.10 Å². The number of alkyl carbamates (subject to hydrolysis) is 2.